The Labute approximate surface area is 274 Å². The van der Waals surface area contributed by atoms with Gasteiger partial charge in [0, 0.05) is 21.5 Å². The van der Waals surface area contributed by atoms with Gasteiger partial charge in [-0.25, -0.2) is 18.7 Å². The van der Waals surface area contributed by atoms with Gasteiger partial charge in [-0.2, -0.15) is 20.4 Å². The molecule has 226 valence electrons. The third-order valence-electron chi connectivity index (χ3n) is 9.03. The van der Waals surface area contributed by atoms with Gasteiger partial charge in [0.05, 0.1) is 69.6 Å². The minimum Gasteiger partial charge on any atom is -0.233 e. The van der Waals surface area contributed by atoms with Gasteiger partial charge in [-0.05, 0) is 71.8 Å². The van der Waals surface area contributed by atoms with Crippen LogP contribution >= 0.6 is 0 Å². The van der Waals surface area contributed by atoms with E-state index in [2.05, 4.69) is 84.9 Å². The van der Waals surface area contributed by atoms with Crippen LogP contribution in [0.5, 0.6) is 0 Å². The molecule has 8 nitrogen and oxygen atoms in total. The van der Waals surface area contributed by atoms with Crippen LogP contribution in [0, 0.1) is 0 Å². The molecule has 0 atom stereocenters. The van der Waals surface area contributed by atoms with Gasteiger partial charge >= 0.3 is 0 Å². The summed E-state index contributed by atoms with van der Waals surface area (Å²) in [7, 11) is 0. The second-order valence-electron chi connectivity index (χ2n) is 11.9. The van der Waals surface area contributed by atoms with Crippen LogP contribution in [0.2, 0.25) is 0 Å². The number of rotatable bonds is 5. The topological polar surface area (TPSA) is 71.3 Å². The summed E-state index contributed by atoms with van der Waals surface area (Å²) < 4.78 is 8.00. The molecule has 6 aromatic carbocycles. The summed E-state index contributed by atoms with van der Waals surface area (Å²) in [6, 6.07) is 46.2. The molecule has 0 N–H and O–H groups in total. The SMILES string of the molecule is c1ccc2c(c1)cnn2-c1cc(-c2cc(-n3ncc4ccccc43)cc(-n3ncc4ccccc43)c2)cc(-n2ncc3ccccc32)c1. The highest BCUT2D eigenvalue weighted by atomic mass is 15.3. The van der Waals surface area contributed by atoms with Crippen molar-refractivity contribution in [2.75, 3.05) is 0 Å². The summed E-state index contributed by atoms with van der Waals surface area (Å²) in [4.78, 5) is 0. The summed E-state index contributed by atoms with van der Waals surface area (Å²) in [6.07, 6.45) is 7.65. The molecular weight excluding hydrogens is 592 g/mol. The average Bonchev–Trinajstić information content (AvgIpc) is 3.95. The van der Waals surface area contributed by atoms with E-state index in [0.717, 1.165) is 77.5 Å². The standard InChI is InChI=1S/C40H26N8/c1-5-13-37-27(9-1)23-41-45(37)33-17-31(18-34(21-33)46-38-14-6-2-10-28(38)24-42-46)32-19-35(47-39-15-7-3-11-29(39)25-43-47)22-36(20-32)48-40-16-8-4-12-30(40)26-44-48/h1-26H. The molecule has 10 aromatic rings. The maximum Gasteiger partial charge on any atom is 0.0741 e. The third-order valence-corrected chi connectivity index (χ3v) is 9.03. The molecule has 0 saturated heterocycles. The van der Waals surface area contributed by atoms with E-state index in [-0.39, 0.29) is 0 Å². The van der Waals surface area contributed by atoms with Crippen molar-refractivity contribution in [1.29, 1.82) is 0 Å². The van der Waals surface area contributed by atoms with Crippen molar-refractivity contribution in [3.05, 3.63) is 158 Å². The van der Waals surface area contributed by atoms with Crippen molar-refractivity contribution in [1.82, 2.24) is 39.1 Å². The Kier molecular flexibility index (Phi) is 5.71. The fraction of sp³-hybridized carbons (Fsp3) is 0. The van der Waals surface area contributed by atoms with Crippen molar-refractivity contribution in [2.24, 2.45) is 0 Å². The van der Waals surface area contributed by atoms with Gasteiger partial charge in [0.25, 0.3) is 0 Å². The molecule has 0 bridgehead atoms. The van der Waals surface area contributed by atoms with E-state index in [1.807, 2.05) is 92.0 Å². The molecule has 0 spiro atoms. The summed E-state index contributed by atoms with van der Waals surface area (Å²) in [5.41, 5.74) is 9.90. The smallest absolute Gasteiger partial charge is 0.0741 e. The van der Waals surface area contributed by atoms with E-state index in [1.165, 1.54) is 0 Å². The minimum absolute atomic E-state index is 0.935. The molecule has 0 saturated carbocycles. The van der Waals surface area contributed by atoms with Gasteiger partial charge in [-0.1, -0.05) is 72.8 Å². The van der Waals surface area contributed by atoms with E-state index in [1.54, 1.807) is 0 Å². The number of aromatic nitrogens is 8. The lowest BCUT2D eigenvalue weighted by molar-refractivity contribution is 0.883. The summed E-state index contributed by atoms with van der Waals surface area (Å²) >= 11 is 0. The zero-order chi connectivity index (χ0) is 31.6. The molecule has 10 rings (SSSR count). The highest BCUT2D eigenvalue weighted by Crippen LogP contribution is 2.33. The first kappa shape index (κ1) is 26.4. The van der Waals surface area contributed by atoms with Gasteiger partial charge in [0.1, 0.15) is 0 Å². The first-order valence-electron chi connectivity index (χ1n) is 15.8. The van der Waals surface area contributed by atoms with Crippen LogP contribution in [0.1, 0.15) is 0 Å². The Morgan fingerprint density at radius 1 is 0.292 bits per heavy atom. The van der Waals surface area contributed by atoms with E-state index >= 15 is 0 Å². The molecule has 0 unspecified atom stereocenters. The highest BCUT2D eigenvalue weighted by molar-refractivity contribution is 5.86. The number of hydrogen-bond acceptors (Lipinski definition) is 4. The maximum absolute atomic E-state index is 4.83. The minimum atomic E-state index is 0.935. The Bertz CT molecular complexity index is 2430. The molecule has 0 aliphatic heterocycles. The molecular formula is C40H26N8. The lowest BCUT2D eigenvalue weighted by Gasteiger charge is -2.15. The van der Waals surface area contributed by atoms with E-state index in [9.17, 15) is 0 Å². The van der Waals surface area contributed by atoms with E-state index in [0.29, 0.717) is 0 Å². The quantitative estimate of drug-likeness (QED) is 0.193. The number of nitrogens with zero attached hydrogens (tertiary/aromatic N) is 8. The largest absolute Gasteiger partial charge is 0.233 e. The number of benzene rings is 6. The summed E-state index contributed by atoms with van der Waals surface area (Å²) in [6.45, 7) is 0. The van der Waals surface area contributed by atoms with E-state index < -0.39 is 0 Å². The maximum atomic E-state index is 4.83. The van der Waals surface area contributed by atoms with Crippen molar-refractivity contribution in [3.63, 3.8) is 0 Å². The Morgan fingerprint density at radius 3 is 0.812 bits per heavy atom. The zero-order valence-electron chi connectivity index (χ0n) is 25.6. The molecule has 4 aromatic heterocycles. The fourth-order valence-electron chi connectivity index (χ4n) is 6.72. The second-order valence-corrected chi connectivity index (χ2v) is 11.9. The second kappa shape index (κ2) is 10.4. The highest BCUT2D eigenvalue weighted by Gasteiger charge is 2.16. The first-order chi connectivity index (χ1) is 23.8. The number of hydrogen-bond donors (Lipinski definition) is 0. The van der Waals surface area contributed by atoms with Gasteiger partial charge in [0.15, 0.2) is 0 Å². The molecule has 4 heterocycles. The van der Waals surface area contributed by atoms with Crippen LogP contribution in [0.25, 0.3) is 77.5 Å². The predicted octanol–water partition coefficient (Wildman–Crippen LogP) is 8.71. The van der Waals surface area contributed by atoms with Crippen LogP contribution in [0.3, 0.4) is 0 Å². The van der Waals surface area contributed by atoms with Crippen LogP contribution in [-0.4, -0.2) is 39.1 Å². The Morgan fingerprint density at radius 2 is 0.542 bits per heavy atom. The normalized spacial score (nSPS) is 11.8. The molecule has 0 amide bonds. The molecule has 48 heavy (non-hydrogen) atoms. The summed E-state index contributed by atoms with van der Waals surface area (Å²) in [5.74, 6) is 0. The zero-order valence-corrected chi connectivity index (χ0v) is 25.6. The summed E-state index contributed by atoms with van der Waals surface area (Å²) in [5, 5.41) is 23.6. The molecule has 0 aliphatic rings. The van der Waals surface area contributed by atoms with Crippen LogP contribution in [0.15, 0.2) is 158 Å². The third kappa shape index (κ3) is 4.16. The van der Waals surface area contributed by atoms with Crippen molar-refractivity contribution in [2.45, 2.75) is 0 Å². The molecule has 0 aliphatic carbocycles. The Balaban J connectivity index is 1.25. The van der Waals surface area contributed by atoms with Gasteiger partial charge in [0.2, 0.25) is 0 Å². The molecule has 8 heteroatoms. The first-order valence-corrected chi connectivity index (χ1v) is 15.8. The van der Waals surface area contributed by atoms with E-state index in [4.69, 9.17) is 20.4 Å². The van der Waals surface area contributed by atoms with Gasteiger partial charge in [-0.3, -0.25) is 0 Å². The predicted molar refractivity (Wildman–Crippen MR) is 190 cm³/mol. The lowest BCUT2D eigenvalue weighted by atomic mass is 10.0. The van der Waals surface area contributed by atoms with Crippen LogP contribution in [-0.2, 0) is 0 Å². The lowest BCUT2D eigenvalue weighted by Crippen LogP contribution is -2.04. The van der Waals surface area contributed by atoms with Crippen molar-refractivity contribution >= 4 is 43.6 Å². The monoisotopic (exact) mass is 618 g/mol. The Hall–Kier alpha value is -6.80. The van der Waals surface area contributed by atoms with Crippen molar-refractivity contribution in [3.8, 4) is 33.9 Å². The van der Waals surface area contributed by atoms with Crippen LogP contribution < -0.4 is 0 Å². The molecule has 0 fully saturated rings. The van der Waals surface area contributed by atoms with Crippen molar-refractivity contribution < 1.29 is 0 Å². The number of fused-ring (bicyclic) bond motifs is 4. The molecule has 0 radical (unpaired) electrons. The van der Waals surface area contributed by atoms with Gasteiger partial charge in [-0.15, -0.1) is 0 Å². The van der Waals surface area contributed by atoms with Crippen LogP contribution in [0.4, 0.5) is 0 Å². The fourth-order valence-corrected chi connectivity index (χ4v) is 6.72. The average molecular weight is 619 g/mol. The number of para-hydroxylation sites is 4. The van der Waals surface area contributed by atoms with Gasteiger partial charge < -0.3 is 0 Å².